The molecule has 4 aliphatic rings. The summed E-state index contributed by atoms with van der Waals surface area (Å²) in [6.45, 7) is 11.8. The highest BCUT2D eigenvalue weighted by Gasteiger charge is 2.60. The largest absolute Gasteiger partial charge is 0.411 e. The zero-order valence-electron chi connectivity index (χ0n) is 19.7. The lowest BCUT2D eigenvalue weighted by molar-refractivity contribution is -0.128. The maximum atomic E-state index is 13.3. The first-order chi connectivity index (χ1) is 14.2. The van der Waals surface area contributed by atoms with Gasteiger partial charge in [-0.05, 0) is 112 Å². The number of ketones is 1. The summed E-state index contributed by atoms with van der Waals surface area (Å²) in [5.74, 6) is 3.73. The summed E-state index contributed by atoms with van der Waals surface area (Å²) in [5, 5.41) is 12.7. The lowest BCUT2D eigenvalue weighted by Crippen LogP contribution is -2.53. The maximum absolute atomic E-state index is 13.3. The van der Waals surface area contributed by atoms with Crippen LogP contribution in [0.3, 0.4) is 0 Å². The highest BCUT2D eigenvalue weighted by atomic mass is 16.4. The van der Waals surface area contributed by atoms with Gasteiger partial charge in [0.1, 0.15) is 0 Å². The van der Waals surface area contributed by atoms with Gasteiger partial charge in [0.15, 0.2) is 5.78 Å². The van der Waals surface area contributed by atoms with Crippen LogP contribution in [0.25, 0.3) is 0 Å². The predicted molar refractivity (Wildman–Crippen MR) is 123 cm³/mol. The molecule has 166 valence electrons. The number of carbonyl (C=O) groups excluding carboxylic acids is 1. The van der Waals surface area contributed by atoms with E-state index in [0.717, 1.165) is 30.3 Å². The number of fused-ring (bicyclic) bond motifs is 5. The second kappa shape index (κ2) is 7.95. The molecule has 0 amide bonds. The van der Waals surface area contributed by atoms with Crippen LogP contribution in [0.5, 0.6) is 0 Å². The summed E-state index contributed by atoms with van der Waals surface area (Å²) in [7, 11) is 0. The Labute approximate surface area is 183 Å². The van der Waals surface area contributed by atoms with E-state index >= 15 is 0 Å². The van der Waals surface area contributed by atoms with Crippen LogP contribution >= 0.6 is 0 Å². The van der Waals surface area contributed by atoms with Gasteiger partial charge in [-0.2, -0.15) is 0 Å². The van der Waals surface area contributed by atoms with Crippen molar-refractivity contribution < 1.29 is 10.0 Å². The predicted octanol–water partition coefficient (Wildman–Crippen LogP) is 6.96. The molecule has 4 rings (SSSR count). The molecule has 1 N–H and O–H groups in total. The number of carbonyl (C=O) groups is 1. The van der Waals surface area contributed by atoms with Crippen molar-refractivity contribution in [2.75, 3.05) is 0 Å². The number of nitrogens with zero attached hydrogens (tertiary/aromatic N) is 1. The fourth-order valence-electron chi connectivity index (χ4n) is 8.29. The van der Waals surface area contributed by atoms with Crippen molar-refractivity contribution in [1.29, 1.82) is 0 Å². The molecule has 4 aliphatic carbocycles. The molecule has 0 aromatic rings. The molecule has 0 aliphatic heterocycles. The van der Waals surface area contributed by atoms with Crippen LogP contribution in [0.2, 0.25) is 0 Å². The monoisotopic (exact) mass is 411 g/mol. The van der Waals surface area contributed by atoms with E-state index in [9.17, 15) is 10.0 Å². The molecular formula is C27H41NO2. The molecule has 6 unspecified atom stereocenters. The van der Waals surface area contributed by atoms with E-state index in [1.54, 1.807) is 0 Å². The summed E-state index contributed by atoms with van der Waals surface area (Å²) >= 11 is 0. The molecule has 3 nitrogen and oxygen atoms in total. The van der Waals surface area contributed by atoms with Crippen molar-refractivity contribution in [2.45, 2.75) is 92.4 Å². The molecule has 0 spiro atoms. The Kier molecular flexibility index (Phi) is 5.79. The highest BCUT2D eigenvalue weighted by Crippen LogP contribution is 2.67. The second-order valence-corrected chi connectivity index (χ2v) is 11.6. The molecule has 0 radical (unpaired) electrons. The Balaban J connectivity index is 1.56. The highest BCUT2D eigenvalue weighted by molar-refractivity contribution is 6.07. The fraction of sp³-hybridized carbons (Fsp3) is 0.778. The number of oxime groups is 1. The van der Waals surface area contributed by atoms with Crippen molar-refractivity contribution in [3.8, 4) is 0 Å². The number of rotatable bonds is 4. The minimum absolute atomic E-state index is 0.0251. The molecule has 0 heterocycles. The van der Waals surface area contributed by atoms with Gasteiger partial charge in [0.05, 0.1) is 5.71 Å². The lowest BCUT2D eigenvalue weighted by atomic mass is 9.46. The van der Waals surface area contributed by atoms with Crippen molar-refractivity contribution in [2.24, 2.45) is 45.6 Å². The normalized spacial score (nSPS) is 42.8. The van der Waals surface area contributed by atoms with E-state index in [0.29, 0.717) is 41.1 Å². The van der Waals surface area contributed by atoms with Crippen LogP contribution in [-0.4, -0.2) is 16.7 Å². The molecule has 3 heteroatoms. The first kappa shape index (κ1) is 21.8. The molecule has 30 heavy (non-hydrogen) atoms. The molecular weight excluding hydrogens is 370 g/mol. The molecule has 7 atom stereocenters. The topological polar surface area (TPSA) is 49.7 Å². The van der Waals surface area contributed by atoms with Crippen LogP contribution in [0.15, 0.2) is 28.5 Å². The number of allylic oxidation sites excluding steroid dienone is 4. The third-order valence-electron chi connectivity index (χ3n) is 9.87. The zero-order chi connectivity index (χ0) is 21.7. The first-order valence-corrected chi connectivity index (χ1v) is 12.3. The van der Waals surface area contributed by atoms with E-state index in [1.165, 1.54) is 44.1 Å². The van der Waals surface area contributed by atoms with Crippen molar-refractivity contribution in [3.05, 3.63) is 23.3 Å². The molecule has 0 aromatic carbocycles. The second-order valence-electron chi connectivity index (χ2n) is 11.6. The van der Waals surface area contributed by atoms with E-state index < -0.39 is 0 Å². The van der Waals surface area contributed by atoms with Gasteiger partial charge in [0.2, 0.25) is 0 Å². The zero-order valence-corrected chi connectivity index (χ0v) is 19.7. The Bertz CT molecular complexity index is 789. The van der Waals surface area contributed by atoms with Gasteiger partial charge >= 0.3 is 0 Å². The quantitative estimate of drug-likeness (QED) is 0.309. The smallest absolute Gasteiger partial charge is 0.159 e. The van der Waals surface area contributed by atoms with E-state index in [4.69, 9.17) is 0 Å². The van der Waals surface area contributed by atoms with Crippen molar-refractivity contribution in [3.63, 3.8) is 0 Å². The Morgan fingerprint density at radius 1 is 1.23 bits per heavy atom. The van der Waals surface area contributed by atoms with Gasteiger partial charge in [-0.25, -0.2) is 0 Å². The minimum atomic E-state index is -0.0251. The maximum Gasteiger partial charge on any atom is 0.159 e. The first-order valence-electron chi connectivity index (χ1n) is 12.3. The summed E-state index contributed by atoms with van der Waals surface area (Å²) in [4.78, 5) is 13.3. The van der Waals surface area contributed by atoms with Gasteiger partial charge in [-0.3, -0.25) is 4.79 Å². The van der Waals surface area contributed by atoms with Gasteiger partial charge in [-0.15, -0.1) is 0 Å². The Morgan fingerprint density at radius 3 is 2.70 bits per heavy atom. The van der Waals surface area contributed by atoms with Crippen LogP contribution in [-0.2, 0) is 4.79 Å². The van der Waals surface area contributed by atoms with Gasteiger partial charge in [0.25, 0.3) is 0 Å². The Hall–Kier alpha value is -1.38. The van der Waals surface area contributed by atoms with Crippen LogP contribution in [0.4, 0.5) is 0 Å². The third kappa shape index (κ3) is 3.41. The molecule has 3 fully saturated rings. The Morgan fingerprint density at radius 2 is 2.00 bits per heavy atom. The average Bonchev–Trinajstić information content (AvgIpc) is 3.05. The van der Waals surface area contributed by atoms with Crippen molar-refractivity contribution in [1.82, 2.24) is 0 Å². The average molecular weight is 412 g/mol. The molecule has 3 saturated carbocycles. The van der Waals surface area contributed by atoms with Crippen molar-refractivity contribution >= 4 is 11.5 Å². The molecule has 0 bridgehead atoms. The van der Waals surface area contributed by atoms with Gasteiger partial charge in [0, 0.05) is 12.0 Å². The van der Waals surface area contributed by atoms with E-state index in [-0.39, 0.29) is 5.41 Å². The van der Waals surface area contributed by atoms with Crippen LogP contribution < -0.4 is 0 Å². The summed E-state index contributed by atoms with van der Waals surface area (Å²) in [5.41, 5.74) is 3.44. The lowest BCUT2D eigenvalue weighted by Gasteiger charge is -2.58. The summed E-state index contributed by atoms with van der Waals surface area (Å²) in [6, 6.07) is 0. The van der Waals surface area contributed by atoms with Gasteiger partial charge < -0.3 is 5.21 Å². The summed E-state index contributed by atoms with van der Waals surface area (Å²) < 4.78 is 0. The van der Waals surface area contributed by atoms with Crippen LogP contribution in [0, 0.1) is 40.4 Å². The molecule has 0 aromatic heterocycles. The van der Waals surface area contributed by atoms with Gasteiger partial charge in [-0.1, -0.05) is 37.6 Å². The van der Waals surface area contributed by atoms with Crippen LogP contribution in [0.1, 0.15) is 92.4 Å². The van der Waals surface area contributed by atoms with E-state index in [2.05, 4.69) is 45.9 Å². The number of Topliss-reactive ketones (excluding diaryl/α,β-unsaturated/α-hetero) is 1. The third-order valence-corrected chi connectivity index (χ3v) is 9.87. The SMILES string of the molecule is CC(C)=CCC[C@@H](C)C1CCC2C3CC(=O)C4=C/C(=N/O)CCC4(C)C3CCC21C. The summed E-state index contributed by atoms with van der Waals surface area (Å²) in [6.07, 6.45) is 14.5. The fourth-order valence-corrected chi connectivity index (χ4v) is 8.29. The van der Waals surface area contributed by atoms with E-state index in [1.807, 2.05) is 6.08 Å². The standard InChI is InChI=1S/C27H41NO2/c1-17(2)7-6-8-18(3)21-9-10-22-20-16-25(29)24-15-19(28-30)11-13-27(24,5)23(20)12-14-26(21,22)4/h7,15,18,20-23,30H,6,8-14,16H2,1-5H3/b28-19+/t18-,20?,21?,22?,23?,26?,27?/m1/s1. The number of hydrogen-bond acceptors (Lipinski definition) is 3. The molecule has 0 saturated heterocycles. The number of hydrogen-bond donors (Lipinski definition) is 1. The minimum Gasteiger partial charge on any atom is -0.411 e.